The number of hydrogen-bond acceptors (Lipinski definition) is 7. The molecule has 4 atom stereocenters. The average Bonchev–Trinajstić information content (AvgIpc) is 2.83. The number of ketones is 1. The molecule has 1 aromatic carbocycles. The van der Waals surface area contributed by atoms with Crippen molar-refractivity contribution in [2.24, 2.45) is 23.0 Å². The highest BCUT2D eigenvalue weighted by Gasteiger charge is 2.40. The molecule has 1 heterocycles. The Morgan fingerprint density at radius 3 is 2.58 bits per heavy atom. The summed E-state index contributed by atoms with van der Waals surface area (Å²) in [6, 6.07) is 6.09. The Balaban J connectivity index is 2.04. The molecular formula is C27H41N3O6. The molecule has 1 aliphatic rings. The van der Waals surface area contributed by atoms with Crippen LogP contribution in [-0.2, 0) is 19.1 Å². The molecule has 36 heavy (non-hydrogen) atoms. The van der Waals surface area contributed by atoms with Crippen molar-refractivity contribution >= 4 is 29.3 Å². The van der Waals surface area contributed by atoms with Crippen LogP contribution in [0.5, 0.6) is 0 Å². The summed E-state index contributed by atoms with van der Waals surface area (Å²) in [5.41, 5.74) is 6.48. The van der Waals surface area contributed by atoms with Gasteiger partial charge in [0.05, 0.1) is 18.9 Å². The lowest BCUT2D eigenvalue weighted by Gasteiger charge is -2.36. The first kappa shape index (κ1) is 29.5. The van der Waals surface area contributed by atoms with Gasteiger partial charge in [-0.15, -0.1) is 0 Å². The molecule has 2 rings (SSSR count). The third kappa shape index (κ3) is 7.61. The van der Waals surface area contributed by atoms with Crippen LogP contribution in [0, 0.1) is 17.3 Å². The van der Waals surface area contributed by atoms with Gasteiger partial charge < -0.3 is 25.8 Å². The monoisotopic (exact) mass is 503 g/mol. The van der Waals surface area contributed by atoms with Crippen molar-refractivity contribution in [3.63, 3.8) is 0 Å². The maximum absolute atomic E-state index is 13.4. The number of nitrogens with zero attached hydrogens (tertiary/aromatic N) is 1. The van der Waals surface area contributed by atoms with E-state index in [1.807, 2.05) is 20.8 Å². The van der Waals surface area contributed by atoms with E-state index in [0.717, 1.165) is 12.8 Å². The predicted molar refractivity (Wildman–Crippen MR) is 137 cm³/mol. The molecular weight excluding hydrogens is 462 g/mol. The first-order valence-corrected chi connectivity index (χ1v) is 12.6. The van der Waals surface area contributed by atoms with Gasteiger partial charge in [0.1, 0.15) is 5.92 Å². The molecule has 1 aromatic rings. The minimum absolute atomic E-state index is 0.0865. The van der Waals surface area contributed by atoms with Crippen molar-refractivity contribution in [3.05, 3.63) is 29.8 Å². The number of amides is 2. The number of nitrogens with two attached hydrogens (primary N) is 1. The number of anilines is 1. The molecule has 4 N–H and O–H groups in total. The lowest BCUT2D eigenvalue weighted by molar-refractivity contribution is -0.143. The van der Waals surface area contributed by atoms with Crippen LogP contribution in [0.3, 0.4) is 0 Å². The van der Waals surface area contributed by atoms with Crippen LogP contribution in [0.4, 0.5) is 5.69 Å². The fourth-order valence-electron chi connectivity index (χ4n) is 4.59. The summed E-state index contributed by atoms with van der Waals surface area (Å²) in [6.07, 6.45) is 1.65. The number of aliphatic hydroxyl groups excluding tert-OH is 1. The van der Waals surface area contributed by atoms with Gasteiger partial charge in [-0.25, -0.2) is 0 Å². The number of unbranched alkanes of at least 4 members (excludes halogenated alkanes) is 1. The fraction of sp³-hybridized carbons (Fsp3) is 0.630. The summed E-state index contributed by atoms with van der Waals surface area (Å²) in [6.45, 7) is 8.11. The summed E-state index contributed by atoms with van der Waals surface area (Å²) in [7, 11) is 1.22. The standard InChI is InChI=1S/C27H41N3O6/c1-6-7-12-29-25(34)17(2)13-22(31)20(28)14-27(3,4)15-23(32)30-16-19(26(35)36-5)24(33)18-10-8-9-11-21(18)30/h8-11,17,19-20,22,31H,6-7,12-16,28H2,1-5H3,(H,29,34)/t17-,19?,20+,22+/m1/s1. The van der Waals surface area contributed by atoms with E-state index in [-0.39, 0.29) is 42.9 Å². The third-order valence-electron chi connectivity index (χ3n) is 6.71. The van der Waals surface area contributed by atoms with Crippen LogP contribution in [0.2, 0.25) is 0 Å². The molecule has 0 spiro atoms. The fourth-order valence-corrected chi connectivity index (χ4v) is 4.59. The Kier molecular flexibility index (Phi) is 10.6. The van der Waals surface area contributed by atoms with E-state index in [4.69, 9.17) is 10.5 Å². The Hall–Kier alpha value is -2.78. The lowest BCUT2D eigenvalue weighted by atomic mass is 9.79. The molecule has 200 valence electrons. The molecule has 0 aromatic heterocycles. The van der Waals surface area contributed by atoms with Gasteiger partial charge in [0.25, 0.3) is 0 Å². The Morgan fingerprint density at radius 1 is 1.28 bits per heavy atom. The molecule has 0 saturated carbocycles. The second kappa shape index (κ2) is 13.0. The number of hydrogen-bond donors (Lipinski definition) is 3. The predicted octanol–water partition coefficient (Wildman–Crippen LogP) is 2.44. The maximum atomic E-state index is 13.4. The number of ether oxygens (including phenoxy) is 1. The van der Waals surface area contributed by atoms with Crippen molar-refractivity contribution in [3.8, 4) is 0 Å². The minimum atomic E-state index is -1.08. The number of esters is 1. The van der Waals surface area contributed by atoms with Gasteiger partial charge in [-0.2, -0.15) is 0 Å². The van der Waals surface area contributed by atoms with Gasteiger partial charge in [-0.3, -0.25) is 19.2 Å². The van der Waals surface area contributed by atoms with Gasteiger partial charge in [0.2, 0.25) is 11.8 Å². The van der Waals surface area contributed by atoms with E-state index in [2.05, 4.69) is 5.32 Å². The van der Waals surface area contributed by atoms with Gasteiger partial charge in [0.15, 0.2) is 5.78 Å². The zero-order valence-corrected chi connectivity index (χ0v) is 22.1. The van der Waals surface area contributed by atoms with Gasteiger partial charge in [0, 0.05) is 37.0 Å². The second-order valence-corrected chi connectivity index (χ2v) is 10.5. The van der Waals surface area contributed by atoms with Crippen molar-refractivity contribution in [2.45, 2.75) is 71.9 Å². The summed E-state index contributed by atoms with van der Waals surface area (Å²) in [5, 5.41) is 13.5. The lowest BCUT2D eigenvalue weighted by Crippen LogP contribution is -2.47. The van der Waals surface area contributed by atoms with Crippen LogP contribution in [0.15, 0.2) is 24.3 Å². The van der Waals surface area contributed by atoms with E-state index in [1.54, 1.807) is 31.2 Å². The highest BCUT2D eigenvalue weighted by molar-refractivity contribution is 6.16. The first-order valence-electron chi connectivity index (χ1n) is 12.6. The van der Waals surface area contributed by atoms with Crippen LogP contribution in [0.25, 0.3) is 0 Å². The topological polar surface area (TPSA) is 139 Å². The maximum Gasteiger partial charge on any atom is 0.318 e. The Labute approximate surface area is 213 Å². The number of fused-ring (bicyclic) bond motifs is 1. The van der Waals surface area contributed by atoms with E-state index < -0.39 is 29.4 Å². The van der Waals surface area contributed by atoms with Gasteiger partial charge in [-0.1, -0.05) is 46.2 Å². The number of carbonyl (C=O) groups is 4. The summed E-state index contributed by atoms with van der Waals surface area (Å²) in [4.78, 5) is 52.1. The van der Waals surface area contributed by atoms with E-state index in [9.17, 15) is 24.3 Å². The quantitative estimate of drug-likeness (QED) is 0.226. The summed E-state index contributed by atoms with van der Waals surface area (Å²) >= 11 is 0. The molecule has 0 aliphatic carbocycles. The summed E-state index contributed by atoms with van der Waals surface area (Å²) < 4.78 is 4.79. The Morgan fingerprint density at radius 2 is 1.94 bits per heavy atom. The minimum Gasteiger partial charge on any atom is -0.468 e. The van der Waals surface area contributed by atoms with E-state index in [1.165, 1.54) is 12.0 Å². The summed E-state index contributed by atoms with van der Waals surface area (Å²) in [5.74, 6) is -2.86. The average molecular weight is 504 g/mol. The SMILES string of the molecule is CCCCNC(=O)[C@H](C)C[C@H](O)[C@@H](N)CC(C)(C)CC(=O)N1CC(C(=O)OC)C(=O)c2ccccc21. The number of rotatable bonds is 12. The number of Topliss-reactive ketones (excluding diaryl/α,β-unsaturated/α-hetero) is 1. The molecule has 9 heteroatoms. The van der Waals surface area contributed by atoms with Crippen LogP contribution in [-0.4, -0.2) is 61.0 Å². The highest BCUT2D eigenvalue weighted by Crippen LogP contribution is 2.34. The van der Waals surface area contributed by atoms with E-state index in [0.29, 0.717) is 24.2 Å². The zero-order chi connectivity index (χ0) is 27.0. The molecule has 0 bridgehead atoms. The van der Waals surface area contributed by atoms with Crippen molar-refractivity contribution in [1.29, 1.82) is 0 Å². The number of carbonyl (C=O) groups excluding carboxylic acids is 4. The molecule has 0 saturated heterocycles. The van der Waals surface area contributed by atoms with Crippen LogP contribution in [0.1, 0.15) is 70.2 Å². The number of methoxy groups -OCH3 is 1. The molecule has 1 unspecified atom stereocenters. The second-order valence-electron chi connectivity index (χ2n) is 10.5. The largest absolute Gasteiger partial charge is 0.468 e. The number of para-hydroxylation sites is 1. The molecule has 1 aliphatic heterocycles. The number of nitrogens with one attached hydrogen (secondary N) is 1. The van der Waals surface area contributed by atoms with Crippen LogP contribution >= 0.6 is 0 Å². The smallest absolute Gasteiger partial charge is 0.318 e. The molecule has 2 amide bonds. The molecule has 0 radical (unpaired) electrons. The Bertz CT molecular complexity index is 947. The zero-order valence-electron chi connectivity index (χ0n) is 22.1. The number of benzene rings is 1. The highest BCUT2D eigenvalue weighted by atomic mass is 16.5. The molecule has 9 nitrogen and oxygen atoms in total. The van der Waals surface area contributed by atoms with Crippen molar-refractivity contribution in [2.75, 3.05) is 25.1 Å². The number of aliphatic hydroxyl groups is 1. The van der Waals surface area contributed by atoms with E-state index >= 15 is 0 Å². The third-order valence-corrected chi connectivity index (χ3v) is 6.71. The van der Waals surface area contributed by atoms with Gasteiger partial charge >= 0.3 is 5.97 Å². The first-order chi connectivity index (χ1) is 16.9. The normalized spacial score (nSPS) is 18.1. The van der Waals surface area contributed by atoms with Crippen molar-refractivity contribution in [1.82, 2.24) is 5.32 Å². The molecule has 0 fully saturated rings. The van der Waals surface area contributed by atoms with Crippen LogP contribution < -0.4 is 16.0 Å². The van der Waals surface area contributed by atoms with Crippen molar-refractivity contribution < 1.29 is 29.0 Å². The van der Waals surface area contributed by atoms with Gasteiger partial charge in [-0.05, 0) is 36.8 Å².